The van der Waals surface area contributed by atoms with E-state index in [1.165, 1.54) is 0 Å². The van der Waals surface area contributed by atoms with Crippen LogP contribution < -0.4 is 4.29 Å². The summed E-state index contributed by atoms with van der Waals surface area (Å²) in [5.74, 6) is 0. The van der Waals surface area contributed by atoms with E-state index in [1.54, 1.807) is 0 Å². The molecule has 0 aliphatic heterocycles. The monoisotopic (exact) mass is 403 g/mol. The van der Waals surface area contributed by atoms with E-state index in [2.05, 4.69) is 4.29 Å². The van der Waals surface area contributed by atoms with E-state index in [0.29, 0.717) is 0 Å². The molecule has 0 aromatic heterocycles. The summed E-state index contributed by atoms with van der Waals surface area (Å²) in [5.41, 5.74) is 0. The van der Waals surface area contributed by atoms with E-state index in [-0.39, 0.29) is 16.4 Å². The van der Waals surface area contributed by atoms with Crippen LogP contribution in [-0.2, 0) is 17.1 Å². The van der Waals surface area contributed by atoms with Gasteiger partial charge in [0.05, 0.1) is 0 Å². The predicted molar refractivity (Wildman–Crippen MR) is 36.0 cm³/mol. The van der Waals surface area contributed by atoms with Crippen molar-refractivity contribution < 1.29 is 43.9 Å². The first-order valence-corrected chi connectivity index (χ1v) is 6.06. The van der Waals surface area contributed by atoms with Crippen LogP contribution in [0.15, 0.2) is 0 Å². The fourth-order valence-corrected chi connectivity index (χ4v) is 1.04. The summed E-state index contributed by atoms with van der Waals surface area (Å²) < 4.78 is -0.403. The molecule has 0 spiro atoms. The Morgan fingerprint density at radius 1 is 0.786 bits per heavy atom. The van der Waals surface area contributed by atoms with Gasteiger partial charge < -0.3 is 16.4 Å². The third kappa shape index (κ3) is 3.63. The van der Waals surface area contributed by atoms with Gasteiger partial charge in [0.1, 0.15) is 0 Å². The van der Waals surface area contributed by atoms with Crippen molar-refractivity contribution in [2.24, 2.45) is 4.29 Å². The first-order valence-electron chi connectivity index (χ1n) is 1.70. The molecule has 0 amide bonds. The normalized spacial score (nSPS) is 9.50. The van der Waals surface area contributed by atoms with Crippen molar-refractivity contribution in [1.29, 1.82) is 0 Å². The van der Waals surface area contributed by atoms with Crippen molar-refractivity contribution in [1.82, 2.24) is 0 Å². The number of hydrogen-bond donors (Lipinski definition) is 1. The number of nitrogens with two attached hydrogens (primary N) is 1. The van der Waals surface area contributed by atoms with Crippen LogP contribution in [0.3, 0.4) is 0 Å². The summed E-state index contributed by atoms with van der Waals surface area (Å²) in [4.78, 5) is 29.3. The van der Waals surface area contributed by atoms with Gasteiger partial charge in [0.25, 0.3) is 0 Å². The molecule has 0 radical (unpaired) electrons. The fraction of sp³-hybridized carbons (Fsp3) is 0. The van der Waals surface area contributed by atoms with Crippen molar-refractivity contribution in [3.63, 3.8) is 0 Å². The molecule has 0 aliphatic rings. The standard InChI is InChI=1S/3NO2.H2N.3H2O.Pt/c3*2-1-3;;;;;/h;;;4*1H2;/q;;;-1;;;;+1. The van der Waals surface area contributed by atoms with Crippen LogP contribution in [0.25, 0.3) is 0 Å². The Labute approximate surface area is 79.2 Å². The van der Waals surface area contributed by atoms with Gasteiger partial charge in [-0.1, -0.05) is 0 Å². The first kappa shape index (κ1) is 23.0. The third-order valence-corrected chi connectivity index (χ3v) is 4.17. The van der Waals surface area contributed by atoms with Crippen LogP contribution in [-0.4, -0.2) is 26.9 Å². The molecule has 0 saturated heterocycles. The molecule has 0 saturated carbocycles. The average molecular weight is 403 g/mol. The van der Waals surface area contributed by atoms with Crippen molar-refractivity contribution in [3.05, 3.63) is 30.3 Å². The van der Waals surface area contributed by atoms with Gasteiger partial charge >= 0.3 is 62.1 Å². The topological polar surface area (TPSA) is 250 Å². The molecule has 0 aromatic rings. The van der Waals surface area contributed by atoms with Crippen LogP contribution in [0.5, 0.6) is 0 Å². The first-order chi connectivity index (χ1) is 4.83. The van der Waals surface area contributed by atoms with Crippen molar-refractivity contribution in [2.45, 2.75) is 0 Å². The third-order valence-electron chi connectivity index (χ3n) is 0.510. The summed E-state index contributed by atoms with van der Waals surface area (Å²) in [7, 11) is 0. The molecule has 0 bridgehead atoms. The molecule has 0 atom stereocenters. The number of nitro groups is 3. The van der Waals surface area contributed by atoms with Gasteiger partial charge in [-0.2, -0.15) is 0 Å². The predicted octanol–water partition coefficient (Wildman–Crippen LogP) is -3.88. The second-order valence-electron chi connectivity index (χ2n) is 1.00. The Morgan fingerprint density at radius 3 is 0.929 bits per heavy atom. The van der Waals surface area contributed by atoms with E-state index in [4.69, 9.17) is 0 Å². The van der Waals surface area contributed by atoms with Crippen molar-refractivity contribution in [2.75, 3.05) is 0 Å². The molecule has 14 heteroatoms. The van der Waals surface area contributed by atoms with Gasteiger partial charge in [-0.25, -0.2) is 0 Å². The molecule has 0 aromatic carbocycles. The molecule has 0 heterocycles. The molecular formula is H8N4O9Pt. The number of nitrogens with zero attached hydrogens (tertiary/aromatic N) is 3. The quantitative estimate of drug-likeness (QED) is 0.362. The summed E-state index contributed by atoms with van der Waals surface area (Å²) in [6.45, 7) is 0. The minimum atomic E-state index is -5.76. The molecular weight excluding hydrogens is 395 g/mol. The summed E-state index contributed by atoms with van der Waals surface area (Å²) in [5, 5.41) is 29.3. The Bertz CT molecular complexity index is 187. The fourth-order valence-electron chi connectivity index (χ4n) is 0.126. The molecule has 14 heavy (non-hydrogen) atoms. The Kier molecular flexibility index (Phi) is 11.8. The second-order valence-corrected chi connectivity index (χ2v) is 6.62. The second kappa shape index (κ2) is 7.16. The molecule has 0 fully saturated rings. The minimum absolute atomic E-state index is 0. The zero-order valence-corrected chi connectivity index (χ0v) is 8.46. The summed E-state index contributed by atoms with van der Waals surface area (Å²) in [6.07, 6.45) is 0. The maximum absolute atomic E-state index is 9.78. The maximum atomic E-state index is 9.78. The van der Waals surface area contributed by atoms with E-state index < -0.39 is 27.5 Å². The van der Waals surface area contributed by atoms with Gasteiger partial charge in [-0.15, -0.1) is 0 Å². The van der Waals surface area contributed by atoms with E-state index in [1.807, 2.05) is 0 Å². The van der Waals surface area contributed by atoms with Crippen LogP contribution in [0.4, 0.5) is 0 Å². The van der Waals surface area contributed by atoms with E-state index in [9.17, 15) is 30.3 Å². The number of rotatable bonds is 3. The van der Waals surface area contributed by atoms with Gasteiger partial charge in [0.15, 0.2) is 0 Å². The van der Waals surface area contributed by atoms with Crippen LogP contribution in [0.2, 0.25) is 0 Å². The van der Waals surface area contributed by atoms with Gasteiger partial charge in [0, 0.05) is 0 Å². The van der Waals surface area contributed by atoms with Crippen LogP contribution in [0.1, 0.15) is 0 Å². The van der Waals surface area contributed by atoms with Gasteiger partial charge in [0.2, 0.25) is 0 Å². The Hall–Kier alpha value is -1.27. The molecule has 0 aliphatic carbocycles. The SMILES string of the molecule is O.O.O.[NH2][Pt]([N+](=O)[O-])([N+](=O)[O-])[N+](=O)[O-]. The van der Waals surface area contributed by atoms with Crippen LogP contribution >= 0.6 is 0 Å². The summed E-state index contributed by atoms with van der Waals surface area (Å²) >= 11 is -5.76. The molecule has 0 rings (SSSR count). The van der Waals surface area contributed by atoms with Crippen LogP contribution in [0, 0.1) is 30.3 Å². The molecule has 8 N–H and O–H groups in total. The molecule has 0 unspecified atom stereocenters. The average Bonchev–Trinajstić information content (AvgIpc) is 1.84. The van der Waals surface area contributed by atoms with Gasteiger partial charge in [-0.05, 0) is 0 Å². The van der Waals surface area contributed by atoms with E-state index in [0.717, 1.165) is 0 Å². The number of hydrogen-bond acceptors (Lipinski definition) is 7. The van der Waals surface area contributed by atoms with E-state index >= 15 is 0 Å². The Morgan fingerprint density at radius 2 is 0.929 bits per heavy atom. The van der Waals surface area contributed by atoms with Gasteiger partial charge in [-0.3, -0.25) is 0 Å². The molecule has 92 valence electrons. The van der Waals surface area contributed by atoms with Crippen molar-refractivity contribution in [3.8, 4) is 0 Å². The summed E-state index contributed by atoms with van der Waals surface area (Å²) in [6, 6.07) is 0. The zero-order chi connectivity index (χ0) is 9.23. The Balaban J connectivity index is -0.000000167. The molecule has 13 nitrogen and oxygen atoms in total. The van der Waals surface area contributed by atoms with Crippen molar-refractivity contribution >= 4 is 0 Å². The zero-order valence-electron chi connectivity index (χ0n) is 6.18.